The van der Waals surface area contributed by atoms with E-state index < -0.39 is 5.82 Å². The van der Waals surface area contributed by atoms with Crippen LogP contribution in [-0.2, 0) is 6.42 Å². The molecule has 0 aliphatic carbocycles. The Bertz CT molecular complexity index is 930. The van der Waals surface area contributed by atoms with Gasteiger partial charge in [0.2, 0.25) is 0 Å². The Balaban J connectivity index is 2.04. The van der Waals surface area contributed by atoms with Gasteiger partial charge in [-0.15, -0.1) is 0 Å². The Hall–Kier alpha value is -3.29. The normalized spacial score (nSPS) is 11.0. The van der Waals surface area contributed by atoms with Crippen LogP contribution in [0.2, 0.25) is 0 Å². The summed E-state index contributed by atoms with van der Waals surface area (Å²) in [7, 11) is 0. The molecule has 4 N–H and O–H groups in total. The van der Waals surface area contributed by atoms with Crippen molar-refractivity contribution in [1.82, 2.24) is 19.9 Å². The highest BCUT2D eigenvalue weighted by Gasteiger charge is 2.19. The summed E-state index contributed by atoms with van der Waals surface area (Å²) in [5.41, 5.74) is 12.6. The minimum absolute atomic E-state index is 0.0137. The largest absolute Gasteiger partial charge is 0.421 e. The predicted molar refractivity (Wildman–Crippen MR) is 102 cm³/mol. The van der Waals surface area contributed by atoms with E-state index in [-0.39, 0.29) is 29.0 Å². The lowest BCUT2D eigenvalue weighted by molar-refractivity contribution is 0.405. The van der Waals surface area contributed by atoms with Gasteiger partial charge < -0.3 is 16.2 Å². The summed E-state index contributed by atoms with van der Waals surface area (Å²) < 4.78 is 21.0. The highest BCUT2D eigenvalue weighted by atomic mass is 19.1. The van der Waals surface area contributed by atoms with Gasteiger partial charge in [-0.25, -0.2) is 14.4 Å². The zero-order valence-corrected chi connectivity index (χ0v) is 15.2. The SMILES string of the molecule is CC(C)CCc1ccc(-c2cnc(N)cn2)c(F)c1Oc1nccc(N)n1. The predicted octanol–water partition coefficient (Wildman–Crippen LogP) is 3.62. The highest BCUT2D eigenvalue weighted by molar-refractivity contribution is 5.64. The van der Waals surface area contributed by atoms with Crippen molar-refractivity contribution in [2.45, 2.75) is 26.7 Å². The summed E-state index contributed by atoms with van der Waals surface area (Å²) in [6.45, 7) is 4.21. The minimum atomic E-state index is -0.554. The van der Waals surface area contributed by atoms with E-state index in [4.69, 9.17) is 16.2 Å². The van der Waals surface area contributed by atoms with Gasteiger partial charge >= 0.3 is 6.01 Å². The molecule has 0 atom stereocenters. The number of nitrogens with two attached hydrogens (primary N) is 2. The van der Waals surface area contributed by atoms with Gasteiger partial charge in [-0.2, -0.15) is 4.98 Å². The molecule has 140 valence electrons. The molecule has 0 fully saturated rings. The zero-order chi connectivity index (χ0) is 19.4. The Morgan fingerprint density at radius 1 is 1.04 bits per heavy atom. The fourth-order valence-corrected chi connectivity index (χ4v) is 2.52. The van der Waals surface area contributed by atoms with Gasteiger partial charge in [-0.3, -0.25) is 4.98 Å². The lowest BCUT2D eigenvalue weighted by Crippen LogP contribution is -2.03. The van der Waals surface area contributed by atoms with Crippen molar-refractivity contribution in [2.75, 3.05) is 11.5 Å². The summed E-state index contributed by atoms with van der Waals surface area (Å²) in [6.07, 6.45) is 5.79. The van der Waals surface area contributed by atoms with Gasteiger partial charge in [-0.1, -0.05) is 19.9 Å². The number of aryl methyl sites for hydroxylation is 1. The second-order valence-corrected chi connectivity index (χ2v) is 6.54. The van der Waals surface area contributed by atoms with Gasteiger partial charge in [0.05, 0.1) is 18.1 Å². The lowest BCUT2D eigenvalue weighted by Gasteiger charge is -2.14. The van der Waals surface area contributed by atoms with E-state index in [0.717, 1.165) is 12.0 Å². The Morgan fingerprint density at radius 3 is 2.52 bits per heavy atom. The van der Waals surface area contributed by atoms with E-state index in [1.54, 1.807) is 6.07 Å². The van der Waals surface area contributed by atoms with Crippen molar-refractivity contribution in [2.24, 2.45) is 5.92 Å². The van der Waals surface area contributed by atoms with E-state index >= 15 is 4.39 Å². The van der Waals surface area contributed by atoms with Crippen molar-refractivity contribution in [3.8, 4) is 23.0 Å². The van der Waals surface area contributed by atoms with Crippen LogP contribution in [0.15, 0.2) is 36.8 Å². The van der Waals surface area contributed by atoms with Crippen LogP contribution in [0, 0.1) is 11.7 Å². The molecule has 0 aliphatic heterocycles. The second-order valence-electron chi connectivity index (χ2n) is 6.54. The molecule has 7 nitrogen and oxygen atoms in total. The lowest BCUT2D eigenvalue weighted by atomic mass is 9.99. The number of halogens is 1. The maximum absolute atomic E-state index is 15.3. The van der Waals surface area contributed by atoms with Crippen molar-refractivity contribution < 1.29 is 9.13 Å². The number of anilines is 2. The average molecular weight is 368 g/mol. The molecule has 0 saturated heterocycles. The van der Waals surface area contributed by atoms with Crippen molar-refractivity contribution >= 4 is 11.6 Å². The van der Waals surface area contributed by atoms with Crippen LogP contribution < -0.4 is 16.2 Å². The molecule has 3 rings (SSSR count). The van der Waals surface area contributed by atoms with E-state index in [1.165, 1.54) is 24.7 Å². The van der Waals surface area contributed by atoms with Crippen LogP contribution in [-0.4, -0.2) is 19.9 Å². The summed E-state index contributed by atoms with van der Waals surface area (Å²) in [5, 5.41) is 0. The van der Waals surface area contributed by atoms with Crippen LogP contribution in [0.1, 0.15) is 25.8 Å². The van der Waals surface area contributed by atoms with Gasteiger partial charge in [0.1, 0.15) is 11.6 Å². The standard InChI is InChI=1S/C19H21FN6O/c1-11(2)3-4-12-5-6-13(14-9-25-16(22)10-24-14)17(20)18(12)27-19-23-8-7-15(21)26-19/h5-11H,3-4H2,1-2H3,(H2,22,25)(H2,21,23,26). The molecule has 0 radical (unpaired) electrons. The molecule has 3 aromatic rings. The summed E-state index contributed by atoms with van der Waals surface area (Å²) in [4.78, 5) is 16.1. The monoisotopic (exact) mass is 368 g/mol. The van der Waals surface area contributed by atoms with Crippen molar-refractivity contribution in [3.05, 3.63) is 48.2 Å². The molecule has 0 amide bonds. The molecule has 27 heavy (non-hydrogen) atoms. The summed E-state index contributed by atoms with van der Waals surface area (Å²) >= 11 is 0. The highest BCUT2D eigenvalue weighted by Crippen LogP contribution is 2.34. The molecular weight excluding hydrogens is 347 g/mol. The molecule has 0 saturated carbocycles. The van der Waals surface area contributed by atoms with Crippen LogP contribution >= 0.6 is 0 Å². The topological polar surface area (TPSA) is 113 Å². The van der Waals surface area contributed by atoms with Gasteiger partial charge in [0.15, 0.2) is 11.6 Å². The first-order chi connectivity index (χ1) is 12.9. The Kier molecular flexibility index (Phi) is 5.44. The molecule has 2 aromatic heterocycles. The number of rotatable bonds is 6. The van der Waals surface area contributed by atoms with Gasteiger partial charge in [0.25, 0.3) is 0 Å². The van der Waals surface area contributed by atoms with Crippen molar-refractivity contribution in [3.63, 3.8) is 0 Å². The van der Waals surface area contributed by atoms with Crippen LogP contribution in [0.5, 0.6) is 11.8 Å². The van der Waals surface area contributed by atoms with Crippen LogP contribution in [0.25, 0.3) is 11.3 Å². The molecule has 1 aromatic carbocycles. The second kappa shape index (κ2) is 7.94. The van der Waals surface area contributed by atoms with E-state index in [2.05, 4.69) is 33.8 Å². The Morgan fingerprint density at radius 2 is 1.85 bits per heavy atom. The number of aromatic nitrogens is 4. The molecule has 0 aliphatic rings. The number of benzene rings is 1. The Labute approximate surface area is 156 Å². The van der Waals surface area contributed by atoms with E-state index in [1.807, 2.05) is 6.07 Å². The van der Waals surface area contributed by atoms with Gasteiger partial charge in [0, 0.05) is 11.8 Å². The number of hydrogen-bond donors (Lipinski definition) is 2. The molecule has 2 heterocycles. The quantitative estimate of drug-likeness (QED) is 0.683. The third-order valence-corrected chi connectivity index (χ3v) is 3.97. The first kappa shape index (κ1) is 18.5. The smallest absolute Gasteiger partial charge is 0.323 e. The number of nitrogen functional groups attached to an aromatic ring is 2. The van der Waals surface area contributed by atoms with Gasteiger partial charge in [-0.05, 0) is 36.5 Å². The molecule has 0 spiro atoms. The van der Waals surface area contributed by atoms with Crippen molar-refractivity contribution in [1.29, 1.82) is 0 Å². The van der Waals surface area contributed by atoms with Crippen LogP contribution in [0.3, 0.4) is 0 Å². The maximum Gasteiger partial charge on any atom is 0.323 e. The number of ether oxygens (including phenoxy) is 1. The van der Waals surface area contributed by atoms with E-state index in [0.29, 0.717) is 18.0 Å². The third kappa shape index (κ3) is 4.46. The molecule has 0 unspecified atom stereocenters. The maximum atomic E-state index is 15.3. The molecule has 0 bridgehead atoms. The average Bonchev–Trinajstić information content (AvgIpc) is 2.63. The van der Waals surface area contributed by atoms with E-state index in [9.17, 15) is 0 Å². The number of nitrogens with zero attached hydrogens (tertiary/aromatic N) is 4. The summed E-state index contributed by atoms with van der Waals surface area (Å²) in [6, 6.07) is 5.00. The van der Waals surface area contributed by atoms with Crippen LogP contribution in [0.4, 0.5) is 16.0 Å². The summed E-state index contributed by atoms with van der Waals surface area (Å²) in [5.74, 6) is 0.480. The molecular formula is C19H21FN6O. The number of hydrogen-bond acceptors (Lipinski definition) is 7. The fraction of sp³-hybridized carbons (Fsp3) is 0.263. The third-order valence-electron chi connectivity index (χ3n) is 3.97. The first-order valence-corrected chi connectivity index (χ1v) is 8.59. The first-order valence-electron chi connectivity index (χ1n) is 8.59. The zero-order valence-electron chi connectivity index (χ0n) is 15.2. The fourth-order valence-electron chi connectivity index (χ4n) is 2.52. The molecule has 8 heteroatoms. The minimum Gasteiger partial charge on any atom is -0.421 e.